The van der Waals surface area contributed by atoms with E-state index in [1.165, 1.54) is 5.69 Å². The zero-order valence-corrected chi connectivity index (χ0v) is 16.8. The first-order valence-electron chi connectivity index (χ1n) is 5.49. The fourth-order valence-electron chi connectivity index (χ4n) is 2.31. The Kier molecular flexibility index (Phi) is 8.63. The van der Waals surface area contributed by atoms with E-state index in [0.717, 1.165) is 0 Å². The molecule has 0 aliphatic rings. The monoisotopic (exact) mass is 339 g/mol. The van der Waals surface area contributed by atoms with Crippen molar-refractivity contribution < 1.29 is 17.0 Å². The minimum absolute atomic E-state index is 0. The van der Waals surface area contributed by atoms with E-state index in [1.807, 2.05) is 12.1 Å². The van der Waals surface area contributed by atoms with Gasteiger partial charge in [-0.05, 0) is 0 Å². The summed E-state index contributed by atoms with van der Waals surface area (Å²) in [5, 5.41) is 0. The Morgan fingerprint density at radius 3 is 1.53 bits per heavy atom. The molecule has 5 heteroatoms. The Balaban J connectivity index is 0. The quantitative estimate of drug-likeness (QED) is 0.575. The van der Waals surface area contributed by atoms with Crippen LogP contribution in [0, 0.1) is 6.07 Å². The number of hydrogen-bond acceptors (Lipinski definition) is 1. The summed E-state index contributed by atoms with van der Waals surface area (Å²) in [4.78, 5) is 0. The molecule has 1 aromatic carbocycles. The molecule has 1 rings (SSSR count). The van der Waals surface area contributed by atoms with E-state index in [9.17, 15) is 0 Å². The van der Waals surface area contributed by atoms with Gasteiger partial charge in [0, 0.05) is 0 Å². The van der Waals surface area contributed by atoms with Crippen molar-refractivity contribution in [3.8, 4) is 0 Å². The molecule has 0 spiro atoms. The van der Waals surface area contributed by atoms with Gasteiger partial charge < -0.3 is 21.2 Å². The summed E-state index contributed by atoms with van der Waals surface area (Å²) >= 11 is 0. The first-order valence-corrected chi connectivity index (χ1v) is 12.4. The van der Waals surface area contributed by atoms with Crippen LogP contribution in [0.5, 0.6) is 0 Å². The van der Waals surface area contributed by atoms with Crippen LogP contribution in [-0.4, -0.2) is 39.5 Å². The van der Waals surface area contributed by atoms with Crippen molar-refractivity contribution in [2.75, 3.05) is 4.23 Å². The molecule has 0 aliphatic carbocycles. The van der Waals surface area contributed by atoms with Crippen molar-refractivity contribution >= 4 is 45.2 Å². The molecule has 17 heavy (non-hydrogen) atoms. The number of nitrogens with zero attached hydrogens (tertiary/aromatic N) is 1. The first kappa shape index (κ1) is 20.0. The van der Waals surface area contributed by atoms with Crippen LogP contribution < -0.4 is 21.2 Å². The smallest absolute Gasteiger partial charge is 1.00 e. The van der Waals surface area contributed by atoms with Crippen LogP contribution in [-0.2, 0) is 0 Å². The van der Waals surface area contributed by atoms with Gasteiger partial charge in [0.25, 0.3) is 0 Å². The Labute approximate surface area is 135 Å². The molecule has 1 aromatic rings. The zero-order valence-electron chi connectivity index (χ0n) is 11.8. The predicted octanol–water partition coefficient (Wildman–Crippen LogP) is 0.586. The van der Waals surface area contributed by atoms with Gasteiger partial charge in [-0.25, -0.2) is 0 Å². The fourth-order valence-corrected chi connectivity index (χ4v) is 12.2. The van der Waals surface area contributed by atoms with Crippen LogP contribution in [0.2, 0.25) is 39.3 Å². The summed E-state index contributed by atoms with van der Waals surface area (Å²) < 4.78 is 2.72. The van der Waals surface area contributed by atoms with Crippen LogP contribution in [0.1, 0.15) is 0 Å². The molecular weight excluding hydrogens is 319 g/mol. The van der Waals surface area contributed by atoms with E-state index >= 15 is 0 Å². The van der Waals surface area contributed by atoms with Gasteiger partial charge in [0.15, 0.2) is 0 Å². The minimum Gasteiger partial charge on any atom is -1.00 e. The second-order valence-electron chi connectivity index (χ2n) is 5.94. The third-order valence-electron chi connectivity index (χ3n) is 2.30. The largest absolute Gasteiger partial charge is 2.00 e. The van der Waals surface area contributed by atoms with Gasteiger partial charge in [-0.15, -0.1) is 12.1 Å². The van der Waals surface area contributed by atoms with Crippen LogP contribution in [0.25, 0.3) is 0 Å². The molecule has 0 radical (unpaired) electrons. The van der Waals surface area contributed by atoms with Crippen molar-refractivity contribution in [1.29, 1.82) is 0 Å². The number of rotatable bonds is 3. The van der Waals surface area contributed by atoms with Crippen LogP contribution in [0.4, 0.5) is 5.69 Å². The van der Waals surface area contributed by atoms with Gasteiger partial charge in [-0.3, -0.25) is 0 Å². The summed E-state index contributed by atoms with van der Waals surface area (Å²) in [5.41, 5.74) is 1.38. The predicted molar refractivity (Wildman–Crippen MR) is 80.2 cm³/mol. The molecule has 0 amide bonds. The third-order valence-corrected chi connectivity index (χ3v) is 9.53. The molecule has 0 unspecified atom stereocenters. The van der Waals surface area contributed by atoms with E-state index in [-0.39, 0.29) is 40.0 Å². The van der Waals surface area contributed by atoms with Crippen LogP contribution in [0.15, 0.2) is 24.3 Å². The summed E-state index contributed by atoms with van der Waals surface area (Å²) in [6.45, 7) is 14.5. The second kappa shape index (κ2) is 7.33. The summed E-state index contributed by atoms with van der Waals surface area (Å²) in [7, 11) is -2.56. The third kappa shape index (κ3) is 5.92. The van der Waals surface area contributed by atoms with Crippen LogP contribution >= 0.6 is 0 Å². The average molecular weight is 341 g/mol. The standard InChI is InChI=1S/C12H22NSi2.BrH.Mg/c1-14(2,3)13(15(4,5)6)12-10-8-7-9-11-12;;/h8-11H,1-6H3;1H;/q-1;;+2/p-1. The molecule has 0 fully saturated rings. The molecule has 0 N–H and O–H groups in total. The second-order valence-corrected chi connectivity index (χ2v) is 16.0. The Hall–Kier alpha value is 0.700. The normalized spacial score (nSPS) is 11.2. The van der Waals surface area contributed by atoms with Gasteiger partial charge in [-0.2, -0.15) is 18.2 Å². The number of halogens is 1. The van der Waals surface area contributed by atoms with Crippen LogP contribution in [0.3, 0.4) is 0 Å². The summed E-state index contributed by atoms with van der Waals surface area (Å²) in [5.74, 6) is 0. The van der Waals surface area contributed by atoms with Crippen molar-refractivity contribution in [3.05, 3.63) is 30.3 Å². The van der Waals surface area contributed by atoms with Gasteiger partial charge in [0.2, 0.25) is 0 Å². The van der Waals surface area contributed by atoms with E-state index in [1.54, 1.807) is 0 Å². The Morgan fingerprint density at radius 2 is 1.24 bits per heavy atom. The molecule has 1 nitrogen and oxygen atoms in total. The first-order chi connectivity index (χ1) is 6.73. The van der Waals surface area contributed by atoms with E-state index in [0.29, 0.717) is 0 Å². The zero-order chi connectivity index (χ0) is 11.7. The number of benzene rings is 1. The maximum absolute atomic E-state index is 3.09. The fraction of sp³-hybridized carbons (Fsp3) is 0.500. The molecule has 0 heterocycles. The van der Waals surface area contributed by atoms with Crippen molar-refractivity contribution in [1.82, 2.24) is 0 Å². The molecular formula is C12H22BrMgNSi2. The summed E-state index contributed by atoms with van der Waals surface area (Å²) in [6.07, 6.45) is 0. The number of hydrogen-bond donors (Lipinski definition) is 0. The maximum Gasteiger partial charge on any atom is 2.00 e. The van der Waals surface area contributed by atoms with E-state index in [4.69, 9.17) is 0 Å². The van der Waals surface area contributed by atoms with Gasteiger partial charge >= 0.3 is 23.1 Å². The van der Waals surface area contributed by atoms with Gasteiger partial charge in [0.05, 0.1) is 0 Å². The molecule has 0 aliphatic heterocycles. The Bertz CT molecular complexity index is 306. The topological polar surface area (TPSA) is 3.24 Å². The molecule has 0 saturated carbocycles. The van der Waals surface area contributed by atoms with Gasteiger partial charge in [-0.1, -0.05) is 45.0 Å². The van der Waals surface area contributed by atoms with Crippen molar-refractivity contribution in [3.63, 3.8) is 0 Å². The maximum atomic E-state index is 3.09. The molecule has 0 saturated heterocycles. The Morgan fingerprint density at radius 1 is 0.882 bits per heavy atom. The molecule has 0 aromatic heterocycles. The van der Waals surface area contributed by atoms with Crippen molar-refractivity contribution in [2.45, 2.75) is 39.3 Å². The molecule has 0 atom stereocenters. The number of anilines is 1. The average Bonchev–Trinajstić information content (AvgIpc) is 2.00. The summed E-state index contributed by atoms with van der Waals surface area (Å²) in [6, 6.07) is 11.5. The molecule has 92 valence electrons. The minimum atomic E-state index is -1.28. The van der Waals surface area contributed by atoms with E-state index < -0.39 is 16.5 Å². The SMILES string of the molecule is C[Si](C)(C)N(c1cc[c-]cc1)[Si](C)(C)C.[Br-].[Mg+2]. The van der Waals surface area contributed by atoms with E-state index in [2.05, 4.69) is 61.7 Å². The van der Waals surface area contributed by atoms with Gasteiger partial charge in [0.1, 0.15) is 16.5 Å². The molecule has 0 bridgehead atoms. The van der Waals surface area contributed by atoms with Crippen molar-refractivity contribution in [2.24, 2.45) is 0 Å².